The maximum atomic E-state index is 14.6. The highest BCUT2D eigenvalue weighted by atomic mass is 35.5. The lowest BCUT2D eigenvalue weighted by Gasteiger charge is -2.32. The zero-order valence-electron chi connectivity index (χ0n) is 29.5. The SMILES string of the molecule is C=CC(=O)Cc1cccc(C)c1Nc1ncc2cc(-c3c(Cl)c(OC)cc(OC)c3Cl)c(=O)n(CC3CCN(C(=O)/C=C/CN(C)C)CC3)c2n1. The second kappa shape index (κ2) is 16.5. The van der Waals surface area contributed by atoms with Crippen LogP contribution in [-0.2, 0) is 22.6 Å². The van der Waals surface area contributed by atoms with E-state index in [1.807, 2.05) is 55.1 Å². The van der Waals surface area contributed by atoms with Crippen LogP contribution in [0.1, 0.15) is 24.0 Å². The van der Waals surface area contributed by atoms with Gasteiger partial charge in [0.2, 0.25) is 11.9 Å². The number of amides is 1. The van der Waals surface area contributed by atoms with Crippen molar-refractivity contribution in [3.8, 4) is 22.6 Å². The van der Waals surface area contributed by atoms with Gasteiger partial charge in [0.05, 0.1) is 29.8 Å². The number of nitrogens with zero attached hydrogens (tertiary/aromatic N) is 5. The first-order valence-corrected chi connectivity index (χ1v) is 17.3. The van der Waals surface area contributed by atoms with Crippen LogP contribution < -0.4 is 20.3 Å². The minimum atomic E-state index is -0.357. The number of methoxy groups -OCH3 is 2. The molecule has 4 aromatic rings. The molecule has 268 valence electrons. The summed E-state index contributed by atoms with van der Waals surface area (Å²) < 4.78 is 12.6. The predicted molar refractivity (Wildman–Crippen MR) is 203 cm³/mol. The molecule has 13 heteroatoms. The smallest absolute Gasteiger partial charge is 0.260 e. The molecule has 1 fully saturated rings. The summed E-state index contributed by atoms with van der Waals surface area (Å²) in [6.07, 6.45) is 7.97. The monoisotopic (exact) mass is 732 g/mol. The van der Waals surface area contributed by atoms with E-state index in [1.165, 1.54) is 20.3 Å². The molecule has 0 atom stereocenters. The molecule has 3 heterocycles. The van der Waals surface area contributed by atoms with Crippen LogP contribution in [0.3, 0.4) is 0 Å². The lowest BCUT2D eigenvalue weighted by Crippen LogP contribution is -2.39. The Bertz CT molecular complexity index is 2030. The lowest BCUT2D eigenvalue weighted by molar-refractivity contribution is -0.127. The van der Waals surface area contributed by atoms with Crippen LogP contribution >= 0.6 is 23.2 Å². The topological polar surface area (TPSA) is 119 Å². The minimum absolute atomic E-state index is 0.0232. The number of allylic oxidation sites excluding steroid dienone is 1. The number of piperidine rings is 1. The van der Waals surface area contributed by atoms with Crippen LogP contribution in [0.2, 0.25) is 10.0 Å². The van der Waals surface area contributed by atoms with Gasteiger partial charge >= 0.3 is 0 Å². The molecular formula is C38H42Cl2N6O5. The number of likely N-dealkylation sites (N-methyl/N-ethyl adjacent to an activating group) is 1. The minimum Gasteiger partial charge on any atom is -0.495 e. The second-order valence-electron chi connectivity index (χ2n) is 12.7. The summed E-state index contributed by atoms with van der Waals surface area (Å²) in [5.41, 5.74) is 2.94. The summed E-state index contributed by atoms with van der Waals surface area (Å²) in [6.45, 7) is 7.67. The van der Waals surface area contributed by atoms with Crippen molar-refractivity contribution < 1.29 is 19.1 Å². The van der Waals surface area contributed by atoms with Gasteiger partial charge in [0.1, 0.15) is 17.1 Å². The molecule has 0 aliphatic carbocycles. The Hall–Kier alpha value is -4.71. The zero-order chi connectivity index (χ0) is 36.8. The van der Waals surface area contributed by atoms with Crippen LogP contribution in [0.4, 0.5) is 11.6 Å². The van der Waals surface area contributed by atoms with Crippen molar-refractivity contribution in [1.82, 2.24) is 24.3 Å². The number of hydrogen-bond donors (Lipinski definition) is 1. The van der Waals surface area contributed by atoms with E-state index < -0.39 is 0 Å². The van der Waals surface area contributed by atoms with E-state index in [1.54, 1.807) is 29.0 Å². The van der Waals surface area contributed by atoms with Crippen LogP contribution in [0, 0.1) is 12.8 Å². The highest BCUT2D eigenvalue weighted by Crippen LogP contribution is 2.45. The first-order valence-electron chi connectivity index (χ1n) is 16.6. The Morgan fingerprint density at radius 2 is 1.78 bits per heavy atom. The first-order chi connectivity index (χ1) is 24.4. The Morgan fingerprint density at radius 3 is 2.41 bits per heavy atom. The van der Waals surface area contributed by atoms with E-state index in [2.05, 4.69) is 16.9 Å². The van der Waals surface area contributed by atoms with Crippen LogP contribution in [0.25, 0.3) is 22.2 Å². The maximum absolute atomic E-state index is 14.6. The van der Waals surface area contributed by atoms with Gasteiger partial charge in [-0.15, -0.1) is 0 Å². The van der Waals surface area contributed by atoms with Gasteiger partial charge in [-0.2, -0.15) is 4.98 Å². The summed E-state index contributed by atoms with van der Waals surface area (Å²) in [6, 6.07) is 8.92. The molecule has 1 aliphatic rings. The predicted octanol–water partition coefficient (Wildman–Crippen LogP) is 6.49. The largest absolute Gasteiger partial charge is 0.495 e. The van der Waals surface area contributed by atoms with Gasteiger partial charge in [0.25, 0.3) is 5.56 Å². The number of benzene rings is 2. The molecule has 0 radical (unpaired) electrons. The van der Waals surface area contributed by atoms with Gasteiger partial charge < -0.3 is 24.6 Å². The number of carbonyl (C=O) groups is 2. The number of halogens is 2. The highest BCUT2D eigenvalue weighted by Gasteiger charge is 2.27. The Kier molecular flexibility index (Phi) is 12.2. The summed E-state index contributed by atoms with van der Waals surface area (Å²) in [5.74, 6) is 0.791. The normalized spacial score (nSPS) is 13.6. The molecule has 0 unspecified atom stereocenters. The van der Waals surface area contributed by atoms with Crippen molar-refractivity contribution >= 4 is 57.6 Å². The Balaban J connectivity index is 1.58. The number of pyridine rings is 1. The fraction of sp³-hybridized carbons (Fsp3) is 0.342. The van der Waals surface area contributed by atoms with E-state index in [9.17, 15) is 14.4 Å². The van der Waals surface area contributed by atoms with E-state index in [4.69, 9.17) is 37.7 Å². The van der Waals surface area contributed by atoms with Gasteiger partial charge in [0, 0.05) is 67.6 Å². The first kappa shape index (κ1) is 37.5. The number of aryl methyl sites for hydroxylation is 1. The van der Waals surface area contributed by atoms with Gasteiger partial charge in [-0.3, -0.25) is 19.0 Å². The van der Waals surface area contributed by atoms with Crippen LogP contribution in [0.15, 0.2) is 66.1 Å². The Morgan fingerprint density at radius 1 is 1.10 bits per heavy atom. The molecular weight excluding hydrogens is 691 g/mol. The molecule has 51 heavy (non-hydrogen) atoms. The standard InChI is InChI=1S/C38H42Cl2N6O5/c1-7-27(47)18-25-11-8-10-23(2)35(25)42-38-41-21-26-19-28(32-33(39)29(50-5)20-30(51-6)34(32)40)37(49)46(36(26)43-38)22-24-13-16-45(17-14-24)31(48)12-9-15-44(3)4/h7-12,19-21,24H,1,13-18,22H2,2-6H3,(H,41,42,43)/b12-9+. The molecule has 1 saturated heterocycles. The van der Waals surface area contributed by atoms with Gasteiger partial charge in [0.15, 0.2) is 5.78 Å². The molecule has 11 nitrogen and oxygen atoms in total. The van der Waals surface area contributed by atoms with Crippen molar-refractivity contribution in [2.45, 2.75) is 32.7 Å². The van der Waals surface area contributed by atoms with Gasteiger partial charge in [-0.05, 0) is 63.0 Å². The maximum Gasteiger partial charge on any atom is 0.260 e. The van der Waals surface area contributed by atoms with Gasteiger partial charge in [-0.25, -0.2) is 4.98 Å². The molecule has 2 aromatic heterocycles. The number of ketones is 1. The summed E-state index contributed by atoms with van der Waals surface area (Å²) in [5, 5.41) is 4.21. The van der Waals surface area contributed by atoms with Crippen LogP contribution in [-0.4, -0.2) is 84.0 Å². The molecule has 0 saturated carbocycles. The number of para-hydroxylation sites is 1. The molecule has 0 spiro atoms. The number of likely N-dealkylation sites (tertiary alicyclic amines) is 1. The third-order valence-electron chi connectivity index (χ3n) is 8.96. The zero-order valence-corrected chi connectivity index (χ0v) is 31.0. The number of hydrogen-bond acceptors (Lipinski definition) is 9. The number of aromatic nitrogens is 3. The van der Waals surface area contributed by atoms with E-state index in [0.717, 1.165) is 11.1 Å². The second-order valence-corrected chi connectivity index (χ2v) is 13.5. The number of nitrogens with one attached hydrogen (secondary N) is 1. The molecule has 5 rings (SSSR count). The number of ether oxygens (including phenoxy) is 2. The number of fused-ring (bicyclic) bond motifs is 1. The fourth-order valence-electron chi connectivity index (χ4n) is 6.18. The Labute approximate surface area is 307 Å². The summed E-state index contributed by atoms with van der Waals surface area (Å²) >= 11 is 13.6. The third kappa shape index (κ3) is 8.44. The van der Waals surface area contributed by atoms with Crippen LogP contribution in [0.5, 0.6) is 11.5 Å². The average Bonchev–Trinajstić information content (AvgIpc) is 3.11. The number of carbonyl (C=O) groups excluding carboxylic acids is 2. The van der Waals surface area contributed by atoms with Gasteiger partial charge in [-0.1, -0.05) is 54.1 Å². The summed E-state index contributed by atoms with van der Waals surface area (Å²) in [7, 11) is 6.84. The third-order valence-corrected chi connectivity index (χ3v) is 9.71. The van der Waals surface area contributed by atoms with Crippen molar-refractivity contribution in [3.63, 3.8) is 0 Å². The molecule has 1 N–H and O–H groups in total. The van der Waals surface area contributed by atoms with Crippen molar-refractivity contribution in [2.24, 2.45) is 5.92 Å². The molecule has 1 aliphatic heterocycles. The van der Waals surface area contributed by atoms with Crippen molar-refractivity contribution in [2.75, 3.05) is 53.3 Å². The quantitative estimate of drug-likeness (QED) is 0.154. The average molecular weight is 734 g/mol. The lowest BCUT2D eigenvalue weighted by atomic mass is 9.96. The fourth-order valence-corrected chi connectivity index (χ4v) is 6.88. The van der Waals surface area contributed by atoms with Crippen molar-refractivity contribution in [3.05, 3.63) is 92.9 Å². The molecule has 0 bridgehead atoms. The van der Waals surface area contributed by atoms with E-state index in [-0.39, 0.29) is 56.7 Å². The number of anilines is 2. The van der Waals surface area contributed by atoms with E-state index in [0.29, 0.717) is 67.2 Å². The molecule has 1 amide bonds. The number of rotatable bonds is 13. The van der Waals surface area contributed by atoms with E-state index >= 15 is 0 Å². The highest BCUT2D eigenvalue weighted by molar-refractivity contribution is 6.41. The molecule has 2 aromatic carbocycles. The summed E-state index contributed by atoms with van der Waals surface area (Å²) in [4.78, 5) is 53.0. The van der Waals surface area contributed by atoms with Crippen molar-refractivity contribution in [1.29, 1.82) is 0 Å².